The molecule has 12 rings (SSSR count). The van der Waals surface area contributed by atoms with Crippen LogP contribution in [0.5, 0.6) is 0 Å². The molecule has 1 aliphatic carbocycles. The van der Waals surface area contributed by atoms with E-state index < -0.39 is 0 Å². The number of fused-ring (bicyclic) bond motifs is 9. The third-order valence-electron chi connectivity index (χ3n) is 13.2. The molecule has 0 saturated carbocycles. The van der Waals surface area contributed by atoms with E-state index in [1.807, 2.05) is 0 Å². The number of benzene rings is 9. The van der Waals surface area contributed by atoms with E-state index in [9.17, 15) is 0 Å². The monoisotopic (exact) mass is 758 g/mol. The molecule has 9 aromatic carbocycles. The number of hydrogen-bond acceptors (Lipinski definition) is 4. The Morgan fingerprint density at radius 2 is 0.831 bits per heavy atom. The second kappa shape index (κ2) is 12.3. The lowest BCUT2D eigenvalue weighted by Crippen LogP contribution is -2.24. The zero-order valence-corrected chi connectivity index (χ0v) is 33.6. The Balaban J connectivity index is 1.11. The van der Waals surface area contributed by atoms with Crippen LogP contribution < -0.4 is 19.6 Å². The first-order valence-corrected chi connectivity index (χ1v) is 20.6. The lowest BCUT2D eigenvalue weighted by molar-refractivity contribution is 0.660. The summed E-state index contributed by atoms with van der Waals surface area (Å²) in [6.45, 7) is 4.75. The Kier molecular flexibility index (Phi) is 7.08. The predicted octanol–water partition coefficient (Wildman–Crippen LogP) is 15.1. The highest BCUT2D eigenvalue weighted by atomic mass is 15.3. The van der Waals surface area contributed by atoms with Crippen molar-refractivity contribution < 1.29 is 0 Å². The molecule has 3 aliphatic rings. The van der Waals surface area contributed by atoms with Gasteiger partial charge in [-0.3, -0.25) is 0 Å². The molecule has 59 heavy (non-hydrogen) atoms. The van der Waals surface area contributed by atoms with Gasteiger partial charge < -0.3 is 19.6 Å². The van der Waals surface area contributed by atoms with Gasteiger partial charge in [0.15, 0.2) is 0 Å². The molecule has 0 bridgehead atoms. The maximum atomic E-state index is 2.48. The first kappa shape index (κ1) is 33.8. The quantitative estimate of drug-likeness (QED) is 0.166. The maximum Gasteiger partial charge on any atom is 0.0699 e. The van der Waals surface area contributed by atoms with Crippen LogP contribution in [-0.4, -0.2) is 14.1 Å². The van der Waals surface area contributed by atoms with Crippen LogP contribution in [0.15, 0.2) is 182 Å². The van der Waals surface area contributed by atoms with E-state index in [0.29, 0.717) is 0 Å². The van der Waals surface area contributed by atoms with Gasteiger partial charge in [-0.1, -0.05) is 111 Å². The summed E-state index contributed by atoms with van der Waals surface area (Å²) in [5, 5.41) is 4.90. The van der Waals surface area contributed by atoms with Gasteiger partial charge in [-0.05, 0) is 140 Å². The summed E-state index contributed by atoms with van der Waals surface area (Å²) in [7, 11) is 4.33. The van der Waals surface area contributed by atoms with Crippen LogP contribution in [0.2, 0.25) is 0 Å². The van der Waals surface area contributed by atoms with Gasteiger partial charge in [0.2, 0.25) is 0 Å². The smallest absolute Gasteiger partial charge is 0.0699 e. The molecule has 2 heterocycles. The fourth-order valence-corrected chi connectivity index (χ4v) is 10.4. The van der Waals surface area contributed by atoms with Crippen molar-refractivity contribution in [2.45, 2.75) is 19.3 Å². The van der Waals surface area contributed by atoms with Crippen LogP contribution in [0.1, 0.15) is 25.0 Å². The fraction of sp³-hybridized carbons (Fsp3) is 0.0909. The lowest BCUT2D eigenvalue weighted by atomic mass is 9.81. The molecule has 0 radical (unpaired) electrons. The van der Waals surface area contributed by atoms with Crippen LogP contribution in [0.4, 0.5) is 56.9 Å². The molecule has 0 amide bonds. The summed E-state index contributed by atoms with van der Waals surface area (Å²) in [4.78, 5) is 9.47. The first-order chi connectivity index (χ1) is 28.9. The fourth-order valence-electron chi connectivity index (χ4n) is 10.4. The van der Waals surface area contributed by atoms with Crippen molar-refractivity contribution in [3.63, 3.8) is 0 Å². The summed E-state index contributed by atoms with van der Waals surface area (Å²) in [5.41, 5.74) is 19.5. The molecule has 4 heteroatoms. The SMILES string of the molecule is CN1c2ccccc2N(c2ccc3c(-c4ccc5c(c4)C(C)(C)c4ccccc4-5)c4cc(N5c6ccccc6N(C)c6ccccc65)ccc4cc3c2)c2ccccc21. The van der Waals surface area contributed by atoms with Gasteiger partial charge in [-0.15, -0.1) is 0 Å². The highest BCUT2D eigenvalue weighted by Crippen LogP contribution is 2.55. The molecule has 0 aromatic heterocycles. The van der Waals surface area contributed by atoms with Crippen LogP contribution >= 0.6 is 0 Å². The average Bonchev–Trinajstić information content (AvgIpc) is 3.51. The third-order valence-corrected chi connectivity index (χ3v) is 13.2. The van der Waals surface area contributed by atoms with Crippen LogP contribution in [0, 0.1) is 0 Å². The van der Waals surface area contributed by atoms with Gasteiger partial charge in [0.05, 0.1) is 45.5 Å². The van der Waals surface area contributed by atoms with E-state index in [2.05, 4.69) is 230 Å². The van der Waals surface area contributed by atoms with Crippen LogP contribution in [0.25, 0.3) is 43.8 Å². The zero-order chi connectivity index (χ0) is 39.6. The normalized spacial score (nSPS) is 14.4. The Labute approximate surface area is 345 Å². The number of nitrogens with zero attached hydrogens (tertiary/aromatic N) is 4. The molecular formula is C55H42N4. The average molecular weight is 759 g/mol. The Morgan fingerprint density at radius 3 is 1.41 bits per heavy atom. The zero-order valence-electron chi connectivity index (χ0n) is 33.6. The highest BCUT2D eigenvalue weighted by Gasteiger charge is 2.36. The number of para-hydroxylation sites is 8. The largest absolute Gasteiger partial charge is 0.341 e. The van der Waals surface area contributed by atoms with Gasteiger partial charge in [0, 0.05) is 30.9 Å². The molecule has 0 unspecified atom stereocenters. The topological polar surface area (TPSA) is 13.0 Å². The van der Waals surface area contributed by atoms with E-state index in [0.717, 1.165) is 11.4 Å². The minimum Gasteiger partial charge on any atom is -0.341 e. The summed E-state index contributed by atoms with van der Waals surface area (Å²) in [6.07, 6.45) is 0. The highest BCUT2D eigenvalue weighted by molar-refractivity contribution is 6.15. The molecule has 0 N–H and O–H groups in total. The standard InChI is InChI=1S/C55H42N4/c1-55(2)44-16-6-5-15-41(44)42-29-26-36(33-45(42)55)54-40-30-28-38(58-50-21-11-7-17-46(50)56(3)47-18-8-12-22-51(47)58)32-37(40)31-35-25-27-39(34-43(35)54)59-52-23-13-9-19-48(52)57(4)49-20-10-14-24-53(49)59/h5-34H,1-4H3. The maximum absolute atomic E-state index is 2.48. The molecule has 9 aromatic rings. The third kappa shape index (κ3) is 4.77. The Morgan fingerprint density at radius 1 is 0.356 bits per heavy atom. The number of rotatable bonds is 3. The van der Waals surface area contributed by atoms with Crippen molar-refractivity contribution in [1.29, 1.82) is 0 Å². The minimum absolute atomic E-state index is 0.115. The lowest BCUT2D eigenvalue weighted by Gasteiger charge is -2.38. The van der Waals surface area contributed by atoms with Gasteiger partial charge in [-0.2, -0.15) is 0 Å². The summed E-state index contributed by atoms with van der Waals surface area (Å²) in [6, 6.07) is 67.6. The van der Waals surface area contributed by atoms with Crippen molar-refractivity contribution in [2.75, 3.05) is 33.7 Å². The number of hydrogen-bond donors (Lipinski definition) is 0. The first-order valence-electron chi connectivity index (χ1n) is 20.6. The van der Waals surface area contributed by atoms with Crippen LogP contribution in [0.3, 0.4) is 0 Å². The van der Waals surface area contributed by atoms with Gasteiger partial charge in [-0.25, -0.2) is 0 Å². The molecule has 2 aliphatic heterocycles. The summed E-state index contributed by atoms with van der Waals surface area (Å²) >= 11 is 0. The van der Waals surface area contributed by atoms with E-state index in [1.165, 1.54) is 100 Å². The van der Waals surface area contributed by atoms with Crippen molar-refractivity contribution in [2.24, 2.45) is 0 Å². The summed E-state index contributed by atoms with van der Waals surface area (Å²) < 4.78 is 0. The molecule has 0 spiro atoms. The van der Waals surface area contributed by atoms with Crippen LogP contribution in [-0.2, 0) is 5.41 Å². The van der Waals surface area contributed by atoms with E-state index >= 15 is 0 Å². The molecule has 282 valence electrons. The summed E-state index contributed by atoms with van der Waals surface area (Å²) in [5.74, 6) is 0. The van der Waals surface area contributed by atoms with Gasteiger partial charge in [0.25, 0.3) is 0 Å². The Bertz CT molecular complexity index is 3120. The second-order valence-electron chi connectivity index (χ2n) is 16.7. The van der Waals surface area contributed by atoms with Crippen molar-refractivity contribution in [3.05, 3.63) is 193 Å². The van der Waals surface area contributed by atoms with E-state index in [-0.39, 0.29) is 5.41 Å². The minimum atomic E-state index is -0.115. The van der Waals surface area contributed by atoms with Crippen molar-refractivity contribution >= 4 is 78.4 Å². The van der Waals surface area contributed by atoms with E-state index in [1.54, 1.807) is 0 Å². The Hall–Kier alpha value is -7.30. The molecular weight excluding hydrogens is 717 g/mol. The second-order valence-corrected chi connectivity index (χ2v) is 16.7. The molecule has 0 fully saturated rings. The van der Waals surface area contributed by atoms with Gasteiger partial charge in [0.1, 0.15) is 0 Å². The molecule has 0 saturated heterocycles. The molecule has 4 nitrogen and oxygen atoms in total. The van der Waals surface area contributed by atoms with Crippen molar-refractivity contribution in [1.82, 2.24) is 0 Å². The predicted molar refractivity (Wildman–Crippen MR) is 250 cm³/mol. The van der Waals surface area contributed by atoms with E-state index in [4.69, 9.17) is 0 Å². The van der Waals surface area contributed by atoms with Crippen molar-refractivity contribution in [3.8, 4) is 22.3 Å². The molecule has 0 atom stereocenters. The van der Waals surface area contributed by atoms with Gasteiger partial charge >= 0.3 is 0 Å². The number of anilines is 10.